The molecule has 1 N–H and O–H groups in total. The molecule has 0 bridgehead atoms. The van der Waals surface area contributed by atoms with Crippen molar-refractivity contribution in [1.29, 1.82) is 0 Å². The maximum Gasteiger partial charge on any atom is 0.422 e. The number of carbonyl (C=O) groups is 2. The van der Waals surface area contributed by atoms with Crippen LogP contribution in [0.25, 0.3) is 0 Å². The van der Waals surface area contributed by atoms with Crippen molar-refractivity contribution >= 4 is 11.9 Å². The average Bonchev–Trinajstić information content (AvgIpc) is 2.71. The number of hydrogen-bond donors (Lipinski definition) is 1. The number of nitrogens with zero attached hydrogens (tertiary/aromatic N) is 1. The number of pyridine rings is 1. The van der Waals surface area contributed by atoms with Crippen molar-refractivity contribution in [2.75, 3.05) is 6.61 Å². The van der Waals surface area contributed by atoms with Crippen LogP contribution in [0.2, 0.25) is 0 Å². The van der Waals surface area contributed by atoms with Crippen molar-refractivity contribution in [3.05, 3.63) is 59.9 Å². The number of benzene rings is 1. The van der Waals surface area contributed by atoms with Crippen LogP contribution in [0, 0.1) is 5.92 Å². The van der Waals surface area contributed by atoms with Crippen LogP contribution in [-0.4, -0.2) is 35.2 Å². The molecule has 33 heavy (non-hydrogen) atoms. The molecule has 0 saturated heterocycles. The lowest BCUT2D eigenvalue weighted by Gasteiger charge is -2.23. The maximum absolute atomic E-state index is 13.0. The molecule has 0 spiro atoms. The van der Waals surface area contributed by atoms with Crippen LogP contribution >= 0.6 is 0 Å². The third-order valence-electron chi connectivity index (χ3n) is 4.49. The predicted molar refractivity (Wildman–Crippen MR) is 116 cm³/mol. The van der Waals surface area contributed by atoms with Gasteiger partial charge in [-0.3, -0.25) is 14.6 Å². The van der Waals surface area contributed by atoms with Gasteiger partial charge in [-0.1, -0.05) is 30.3 Å². The monoisotopic (exact) mass is 466 g/mol. The Morgan fingerprint density at radius 2 is 1.73 bits per heavy atom. The Labute approximate surface area is 191 Å². The van der Waals surface area contributed by atoms with E-state index in [9.17, 15) is 22.8 Å². The summed E-state index contributed by atoms with van der Waals surface area (Å²) in [4.78, 5) is 29.5. The first kappa shape index (κ1) is 26.2. The van der Waals surface area contributed by atoms with Crippen LogP contribution in [0.4, 0.5) is 13.2 Å². The molecule has 2 atom stereocenters. The molecule has 1 amide bonds. The second-order valence-corrected chi connectivity index (χ2v) is 8.73. The van der Waals surface area contributed by atoms with Gasteiger partial charge in [0.05, 0.1) is 30.3 Å². The summed E-state index contributed by atoms with van der Waals surface area (Å²) in [5.41, 5.74) is 0.675. The number of amides is 1. The average molecular weight is 467 g/mol. The minimum absolute atomic E-state index is 0.0264. The highest BCUT2D eigenvalue weighted by molar-refractivity contribution is 5.84. The van der Waals surface area contributed by atoms with E-state index >= 15 is 0 Å². The second-order valence-electron chi connectivity index (χ2n) is 8.73. The van der Waals surface area contributed by atoms with Crippen LogP contribution in [0.1, 0.15) is 51.4 Å². The van der Waals surface area contributed by atoms with Gasteiger partial charge >= 0.3 is 12.1 Å². The van der Waals surface area contributed by atoms with Gasteiger partial charge in [0.15, 0.2) is 6.61 Å². The zero-order chi connectivity index (χ0) is 24.6. The summed E-state index contributed by atoms with van der Waals surface area (Å²) in [5.74, 6) is -1.52. The predicted octanol–water partition coefficient (Wildman–Crippen LogP) is 4.79. The highest BCUT2D eigenvalue weighted by Crippen LogP contribution is 2.21. The Balaban J connectivity index is 2.06. The molecule has 0 aliphatic carbocycles. The molecule has 2 aromatic rings. The van der Waals surface area contributed by atoms with Crippen LogP contribution < -0.4 is 10.1 Å². The Kier molecular flexibility index (Phi) is 8.84. The number of esters is 1. The normalized spacial score (nSPS) is 13.7. The fourth-order valence-corrected chi connectivity index (χ4v) is 3.04. The first-order valence-electron chi connectivity index (χ1n) is 10.5. The number of rotatable bonds is 9. The quantitative estimate of drug-likeness (QED) is 0.538. The summed E-state index contributed by atoms with van der Waals surface area (Å²) in [6.45, 7) is 5.56. The highest BCUT2D eigenvalue weighted by atomic mass is 19.4. The number of aromatic nitrogens is 1. The van der Waals surface area contributed by atoms with Crippen LogP contribution in [0.15, 0.2) is 48.7 Å². The third kappa shape index (κ3) is 9.93. The van der Waals surface area contributed by atoms with Crippen molar-refractivity contribution in [3.63, 3.8) is 0 Å². The zero-order valence-electron chi connectivity index (χ0n) is 19.1. The van der Waals surface area contributed by atoms with Gasteiger partial charge in [-0.2, -0.15) is 13.2 Å². The molecule has 0 fully saturated rings. The fraction of sp³-hybridized carbons (Fsp3) is 0.458. The molecule has 0 aliphatic rings. The molecule has 0 saturated carbocycles. The first-order valence-corrected chi connectivity index (χ1v) is 10.5. The van der Waals surface area contributed by atoms with E-state index in [2.05, 4.69) is 15.0 Å². The highest BCUT2D eigenvalue weighted by Gasteiger charge is 2.29. The van der Waals surface area contributed by atoms with Gasteiger partial charge in [0, 0.05) is 0 Å². The van der Waals surface area contributed by atoms with Crippen LogP contribution in [0.5, 0.6) is 5.75 Å². The third-order valence-corrected chi connectivity index (χ3v) is 4.49. The molecule has 2 rings (SSSR count). The summed E-state index contributed by atoms with van der Waals surface area (Å²) in [5, 5.41) is 2.83. The SMILES string of the molecule is C[C@@H](NC(=O)[C@@H](CC(=O)OC(C)(C)C)Cc1ccccc1)c1ccc(OCC(F)(F)F)cn1. The van der Waals surface area contributed by atoms with E-state index in [1.807, 2.05) is 30.3 Å². The van der Waals surface area contributed by atoms with E-state index in [0.717, 1.165) is 5.56 Å². The van der Waals surface area contributed by atoms with Gasteiger partial charge in [0.25, 0.3) is 0 Å². The Hall–Kier alpha value is -3.10. The summed E-state index contributed by atoms with van der Waals surface area (Å²) in [7, 11) is 0. The lowest BCUT2D eigenvalue weighted by Crippen LogP contribution is -2.36. The smallest absolute Gasteiger partial charge is 0.422 e. The first-order chi connectivity index (χ1) is 15.3. The molecule has 0 aliphatic heterocycles. The van der Waals surface area contributed by atoms with Gasteiger partial charge in [0.2, 0.25) is 5.91 Å². The van der Waals surface area contributed by atoms with E-state index in [4.69, 9.17) is 4.74 Å². The molecular formula is C24H29F3N2O4. The summed E-state index contributed by atoms with van der Waals surface area (Å²) >= 11 is 0. The van der Waals surface area contributed by atoms with Crippen molar-refractivity contribution in [3.8, 4) is 5.75 Å². The minimum Gasteiger partial charge on any atom is -0.483 e. The summed E-state index contributed by atoms with van der Waals surface area (Å²) < 4.78 is 46.9. The Morgan fingerprint density at radius 3 is 2.27 bits per heavy atom. The van der Waals surface area contributed by atoms with Crippen molar-refractivity contribution in [2.45, 2.75) is 58.4 Å². The van der Waals surface area contributed by atoms with Crippen molar-refractivity contribution in [1.82, 2.24) is 10.3 Å². The molecule has 1 heterocycles. The zero-order valence-corrected chi connectivity index (χ0v) is 19.1. The van der Waals surface area contributed by atoms with E-state index in [0.29, 0.717) is 12.1 Å². The number of ether oxygens (including phenoxy) is 2. The molecular weight excluding hydrogens is 437 g/mol. The van der Waals surface area contributed by atoms with Gasteiger partial charge in [-0.25, -0.2) is 0 Å². The van der Waals surface area contributed by atoms with Crippen molar-refractivity contribution < 1.29 is 32.2 Å². The molecule has 1 aromatic carbocycles. The molecule has 180 valence electrons. The van der Waals surface area contributed by atoms with Crippen LogP contribution in [-0.2, 0) is 20.7 Å². The van der Waals surface area contributed by atoms with Gasteiger partial charge in [-0.15, -0.1) is 0 Å². The fourth-order valence-electron chi connectivity index (χ4n) is 3.04. The number of carbonyl (C=O) groups excluding carboxylic acids is 2. The number of nitrogens with one attached hydrogen (secondary N) is 1. The largest absolute Gasteiger partial charge is 0.483 e. The van der Waals surface area contributed by atoms with E-state index in [1.165, 1.54) is 18.3 Å². The molecule has 6 nitrogen and oxygen atoms in total. The molecule has 9 heteroatoms. The molecule has 0 unspecified atom stereocenters. The van der Waals surface area contributed by atoms with E-state index in [1.54, 1.807) is 27.7 Å². The summed E-state index contributed by atoms with van der Waals surface area (Å²) in [6, 6.07) is 11.6. The molecule has 0 radical (unpaired) electrons. The number of halogens is 3. The minimum atomic E-state index is -4.44. The van der Waals surface area contributed by atoms with Crippen molar-refractivity contribution in [2.24, 2.45) is 5.92 Å². The topological polar surface area (TPSA) is 77.5 Å². The van der Waals surface area contributed by atoms with E-state index in [-0.39, 0.29) is 18.1 Å². The maximum atomic E-state index is 13.0. The van der Waals surface area contributed by atoms with E-state index < -0.39 is 36.3 Å². The standard InChI is InChI=1S/C24H29F3N2O4/c1-16(20-11-10-19(14-28-20)32-15-24(25,26)27)29-22(31)18(12-17-8-6-5-7-9-17)13-21(30)33-23(2,3)4/h5-11,14,16,18H,12-13,15H2,1-4H3,(H,29,31)/t16-,18-/m1/s1. The van der Waals surface area contributed by atoms with Gasteiger partial charge in [-0.05, 0) is 51.8 Å². The Bertz CT molecular complexity index is 910. The lowest BCUT2D eigenvalue weighted by molar-refractivity contribution is -0.157. The van der Waals surface area contributed by atoms with Gasteiger partial charge < -0.3 is 14.8 Å². The van der Waals surface area contributed by atoms with Gasteiger partial charge in [0.1, 0.15) is 11.4 Å². The number of alkyl halides is 3. The Morgan fingerprint density at radius 1 is 1.06 bits per heavy atom. The number of hydrogen-bond acceptors (Lipinski definition) is 5. The molecule has 1 aromatic heterocycles. The second kappa shape index (κ2) is 11.2. The summed E-state index contributed by atoms with van der Waals surface area (Å²) in [6.07, 6.45) is -3.02. The van der Waals surface area contributed by atoms with Crippen LogP contribution in [0.3, 0.4) is 0 Å². The lowest BCUT2D eigenvalue weighted by atomic mass is 9.94.